The van der Waals surface area contributed by atoms with Crippen molar-refractivity contribution in [2.24, 2.45) is 5.73 Å². The van der Waals surface area contributed by atoms with Gasteiger partial charge in [0.15, 0.2) is 0 Å². The van der Waals surface area contributed by atoms with Gasteiger partial charge in [0.05, 0.1) is 12.9 Å². The number of ether oxygens (including phenoxy) is 1. The maximum atomic E-state index is 6.28. The molecule has 0 aliphatic rings. The Bertz CT molecular complexity index is 217. The van der Waals surface area contributed by atoms with E-state index in [0.29, 0.717) is 0 Å². The largest absolute Gasteiger partial charge is 0.497 e. The molecule has 66 valence electrons. The van der Waals surface area contributed by atoms with E-state index >= 15 is 0 Å². The van der Waals surface area contributed by atoms with E-state index in [4.69, 9.17) is 15.9 Å². The molecule has 0 aliphatic carbocycles. The quantitative estimate of drug-likeness (QED) is 0.492. The second-order valence-electron chi connectivity index (χ2n) is 2.20. The molecule has 0 unspecified atom stereocenters. The minimum atomic E-state index is 0.167. The van der Waals surface area contributed by atoms with E-state index in [-0.39, 0.29) is 5.84 Å². The lowest BCUT2D eigenvalue weighted by molar-refractivity contribution is 0.415. The molecule has 0 fully saturated rings. The van der Waals surface area contributed by atoms with Crippen molar-refractivity contribution in [2.45, 2.75) is 6.92 Å². The molecular formula is C9H14N2O. The number of nitrogens with one attached hydrogen (secondary N) is 1. The van der Waals surface area contributed by atoms with Gasteiger partial charge < -0.3 is 10.5 Å². The summed E-state index contributed by atoms with van der Waals surface area (Å²) in [5.41, 5.74) is 4.69. The van der Waals surface area contributed by atoms with Gasteiger partial charge in [-0.15, -0.1) is 0 Å². The van der Waals surface area contributed by atoms with Crippen molar-refractivity contribution in [3.63, 3.8) is 0 Å². The van der Waals surface area contributed by atoms with Crippen LogP contribution in [0.1, 0.15) is 6.92 Å². The molecule has 0 amide bonds. The highest BCUT2D eigenvalue weighted by atomic mass is 16.5. The van der Waals surface area contributed by atoms with Crippen molar-refractivity contribution in [3.05, 3.63) is 30.3 Å². The normalized spacial score (nSPS) is 7.83. The zero-order chi connectivity index (χ0) is 9.40. The predicted molar refractivity (Wildman–Crippen MR) is 50.6 cm³/mol. The first kappa shape index (κ1) is 10.5. The second kappa shape index (κ2) is 6.22. The Kier molecular flexibility index (Phi) is 5.43. The van der Waals surface area contributed by atoms with E-state index in [1.807, 2.05) is 30.3 Å². The van der Waals surface area contributed by atoms with Crippen molar-refractivity contribution in [3.8, 4) is 5.75 Å². The fourth-order valence-electron chi connectivity index (χ4n) is 0.557. The molecule has 0 spiro atoms. The molecule has 3 N–H and O–H groups in total. The first-order chi connectivity index (χ1) is 5.66. The van der Waals surface area contributed by atoms with E-state index < -0.39 is 0 Å². The van der Waals surface area contributed by atoms with Gasteiger partial charge in [-0.25, -0.2) is 0 Å². The third kappa shape index (κ3) is 6.61. The van der Waals surface area contributed by atoms with Crippen molar-refractivity contribution in [2.75, 3.05) is 7.11 Å². The molecule has 0 saturated heterocycles. The lowest BCUT2D eigenvalue weighted by Crippen LogP contribution is -2.00. The van der Waals surface area contributed by atoms with Gasteiger partial charge in [0.1, 0.15) is 5.75 Å². The molecule has 3 nitrogen and oxygen atoms in total. The molecule has 0 bridgehead atoms. The van der Waals surface area contributed by atoms with Crippen LogP contribution in [0.2, 0.25) is 0 Å². The fourth-order valence-corrected chi connectivity index (χ4v) is 0.557. The van der Waals surface area contributed by atoms with Crippen LogP contribution in [-0.4, -0.2) is 12.9 Å². The highest BCUT2D eigenvalue weighted by Crippen LogP contribution is 2.05. The van der Waals surface area contributed by atoms with Gasteiger partial charge in [-0.2, -0.15) is 0 Å². The van der Waals surface area contributed by atoms with Crippen LogP contribution in [0.3, 0.4) is 0 Å². The molecule has 0 aliphatic heterocycles. The second-order valence-corrected chi connectivity index (χ2v) is 2.20. The van der Waals surface area contributed by atoms with Gasteiger partial charge in [0, 0.05) is 0 Å². The lowest BCUT2D eigenvalue weighted by Gasteiger charge is -1.93. The SMILES string of the molecule is CC(=N)N.COc1ccccc1. The minimum Gasteiger partial charge on any atom is -0.497 e. The van der Waals surface area contributed by atoms with Gasteiger partial charge in [0.2, 0.25) is 0 Å². The number of benzene rings is 1. The predicted octanol–water partition coefficient (Wildman–Crippen LogP) is 1.64. The van der Waals surface area contributed by atoms with E-state index in [0.717, 1.165) is 5.75 Å². The third-order valence-corrected chi connectivity index (χ3v) is 0.979. The Morgan fingerprint density at radius 1 is 1.33 bits per heavy atom. The van der Waals surface area contributed by atoms with Crippen LogP contribution in [0.25, 0.3) is 0 Å². The molecule has 0 saturated carbocycles. The standard InChI is InChI=1S/C7H8O.C2H6N2/c1-8-7-5-3-2-4-6-7;1-2(3)4/h2-6H,1H3;1H3,(H3,3,4). The summed E-state index contributed by atoms with van der Waals surface area (Å²) in [5.74, 6) is 1.08. The average Bonchev–Trinajstić information content (AvgIpc) is 2.05. The zero-order valence-corrected chi connectivity index (χ0v) is 7.37. The number of rotatable bonds is 1. The van der Waals surface area contributed by atoms with Gasteiger partial charge in [0.25, 0.3) is 0 Å². The van der Waals surface area contributed by atoms with E-state index in [1.54, 1.807) is 7.11 Å². The molecule has 0 aromatic heterocycles. The highest BCUT2D eigenvalue weighted by molar-refractivity contribution is 5.73. The van der Waals surface area contributed by atoms with E-state index in [1.165, 1.54) is 6.92 Å². The van der Waals surface area contributed by atoms with Crippen LogP contribution < -0.4 is 10.5 Å². The number of hydrogen-bond donors (Lipinski definition) is 2. The molecule has 12 heavy (non-hydrogen) atoms. The number of nitrogens with two attached hydrogens (primary N) is 1. The summed E-state index contributed by atoms with van der Waals surface area (Å²) in [5, 5.41) is 6.28. The maximum absolute atomic E-state index is 6.28. The number of para-hydroxylation sites is 1. The number of methoxy groups -OCH3 is 1. The van der Waals surface area contributed by atoms with E-state index in [9.17, 15) is 0 Å². The van der Waals surface area contributed by atoms with Crippen LogP contribution >= 0.6 is 0 Å². The molecule has 1 aromatic carbocycles. The molecule has 1 aromatic rings. The van der Waals surface area contributed by atoms with E-state index in [2.05, 4.69) is 0 Å². The van der Waals surface area contributed by atoms with Gasteiger partial charge in [-0.3, -0.25) is 5.41 Å². The molecule has 0 radical (unpaired) electrons. The Hall–Kier alpha value is -1.51. The third-order valence-electron chi connectivity index (χ3n) is 0.979. The number of amidine groups is 1. The smallest absolute Gasteiger partial charge is 0.118 e. The highest BCUT2D eigenvalue weighted by Gasteiger charge is 1.80. The van der Waals surface area contributed by atoms with Gasteiger partial charge >= 0.3 is 0 Å². The monoisotopic (exact) mass is 166 g/mol. The summed E-state index contributed by atoms with van der Waals surface area (Å²) in [7, 11) is 1.66. The first-order valence-electron chi connectivity index (χ1n) is 3.56. The van der Waals surface area contributed by atoms with Crippen molar-refractivity contribution in [1.82, 2.24) is 0 Å². The topological polar surface area (TPSA) is 59.1 Å². The summed E-state index contributed by atoms with van der Waals surface area (Å²) in [6.45, 7) is 1.53. The number of hydrogen-bond acceptors (Lipinski definition) is 2. The van der Waals surface area contributed by atoms with Crippen LogP contribution in [-0.2, 0) is 0 Å². The minimum absolute atomic E-state index is 0.167. The zero-order valence-electron chi connectivity index (χ0n) is 7.37. The molecular weight excluding hydrogens is 152 g/mol. The van der Waals surface area contributed by atoms with Crippen LogP contribution in [0, 0.1) is 5.41 Å². The van der Waals surface area contributed by atoms with Gasteiger partial charge in [-0.1, -0.05) is 18.2 Å². The van der Waals surface area contributed by atoms with Crippen molar-refractivity contribution >= 4 is 5.84 Å². The summed E-state index contributed by atoms with van der Waals surface area (Å²) in [6, 6.07) is 9.68. The first-order valence-corrected chi connectivity index (χ1v) is 3.56. The maximum Gasteiger partial charge on any atom is 0.118 e. The average molecular weight is 166 g/mol. The molecule has 0 atom stereocenters. The summed E-state index contributed by atoms with van der Waals surface area (Å²) in [4.78, 5) is 0. The van der Waals surface area contributed by atoms with Crippen LogP contribution in [0.5, 0.6) is 5.75 Å². The summed E-state index contributed by atoms with van der Waals surface area (Å²) >= 11 is 0. The Labute approximate surface area is 72.7 Å². The van der Waals surface area contributed by atoms with Crippen LogP contribution in [0.15, 0.2) is 30.3 Å². The lowest BCUT2D eigenvalue weighted by atomic mass is 10.3. The molecule has 1 rings (SSSR count). The summed E-state index contributed by atoms with van der Waals surface area (Å²) < 4.78 is 4.91. The molecule has 0 heterocycles. The van der Waals surface area contributed by atoms with Crippen molar-refractivity contribution in [1.29, 1.82) is 5.41 Å². The Morgan fingerprint density at radius 2 is 1.75 bits per heavy atom. The fraction of sp³-hybridized carbons (Fsp3) is 0.222. The molecule has 3 heteroatoms. The van der Waals surface area contributed by atoms with Crippen LogP contribution in [0.4, 0.5) is 0 Å². The Balaban J connectivity index is 0.000000261. The summed E-state index contributed by atoms with van der Waals surface area (Å²) in [6.07, 6.45) is 0. The Morgan fingerprint density at radius 3 is 2.00 bits per heavy atom. The van der Waals surface area contributed by atoms with Crippen molar-refractivity contribution < 1.29 is 4.74 Å². The van der Waals surface area contributed by atoms with Gasteiger partial charge in [-0.05, 0) is 19.1 Å².